The average Bonchev–Trinajstić information content (AvgIpc) is 2.51. The van der Waals surface area contributed by atoms with E-state index in [9.17, 15) is 5.11 Å². The number of ether oxygens (including phenoxy) is 2. The van der Waals surface area contributed by atoms with E-state index in [0.29, 0.717) is 0 Å². The molecule has 0 radical (unpaired) electrons. The van der Waals surface area contributed by atoms with Crippen molar-refractivity contribution in [2.75, 3.05) is 7.11 Å². The van der Waals surface area contributed by atoms with Crippen LogP contribution in [0, 0.1) is 6.92 Å². The highest BCUT2D eigenvalue weighted by molar-refractivity contribution is 9.09. The van der Waals surface area contributed by atoms with Gasteiger partial charge in [0.25, 0.3) is 0 Å². The quantitative estimate of drug-likeness (QED) is 0.835. The maximum atomic E-state index is 10.5. The van der Waals surface area contributed by atoms with Crippen molar-refractivity contribution in [1.82, 2.24) is 0 Å². The first-order valence-corrected chi connectivity index (χ1v) is 7.75. The van der Waals surface area contributed by atoms with Gasteiger partial charge < -0.3 is 14.6 Å². The van der Waals surface area contributed by atoms with Crippen molar-refractivity contribution in [3.63, 3.8) is 0 Å². The van der Waals surface area contributed by atoms with Crippen molar-refractivity contribution >= 4 is 15.9 Å². The smallest absolute Gasteiger partial charge is 0.139 e. The maximum Gasteiger partial charge on any atom is 0.139 e. The van der Waals surface area contributed by atoms with Gasteiger partial charge in [-0.25, -0.2) is 0 Å². The van der Waals surface area contributed by atoms with Crippen molar-refractivity contribution in [2.24, 2.45) is 0 Å². The summed E-state index contributed by atoms with van der Waals surface area (Å²) in [6, 6.07) is 13.6. The Bertz CT molecular complexity index is 639. The van der Waals surface area contributed by atoms with Crippen LogP contribution in [0.3, 0.4) is 0 Å². The number of aliphatic hydroxyl groups is 1. The Kier molecular flexibility index (Phi) is 3.91. The van der Waals surface area contributed by atoms with Gasteiger partial charge in [-0.05, 0) is 36.8 Å². The monoisotopic (exact) mass is 348 g/mol. The number of fused-ring (bicyclic) bond motifs is 1. The van der Waals surface area contributed by atoms with Crippen LogP contribution in [-0.2, 0) is 0 Å². The number of aryl methyl sites for hydroxylation is 1. The fourth-order valence-electron chi connectivity index (χ4n) is 2.59. The molecule has 0 spiro atoms. The molecule has 1 heterocycles. The summed E-state index contributed by atoms with van der Waals surface area (Å²) in [5.41, 5.74) is 2.95. The molecule has 3 nitrogen and oxygen atoms in total. The van der Waals surface area contributed by atoms with Crippen molar-refractivity contribution in [2.45, 2.75) is 24.0 Å². The van der Waals surface area contributed by atoms with E-state index in [2.05, 4.69) is 15.9 Å². The normalized spacial score (nSPS) is 24.1. The number of rotatable bonds is 2. The number of alkyl halides is 1. The lowest BCUT2D eigenvalue weighted by atomic mass is 9.94. The van der Waals surface area contributed by atoms with Gasteiger partial charge in [-0.2, -0.15) is 0 Å². The first-order chi connectivity index (χ1) is 10.1. The highest BCUT2D eigenvalue weighted by Gasteiger charge is 2.36. The SMILES string of the molecule is COc1ccc([C@H]2Oc3ccc(C)cc3[C@@H](O)[C@@H]2Br)cc1. The molecular formula is C17H17BrO3. The molecule has 1 N–H and O–H groups in total. The largest absolute Gasteiger partial charge is 0.497 e. The average molecular weight is 349 g/mol. The van der Waals surface area contributed by atoms with E-state index in [-0.39, 0.29) is 10.9 Å². The summed E-state index contributed by atoms with van der Waals surface area (Å²) < 4.78 is 11.3. The van der Waals surface area contributed by atoms with E-state index in [0.717, 1.165) is 28.2 Å². The number of aliphatic hydroxyl groups excluding tert-OH is 1. The Morgan fingerprint density at radius 2 is 1.86 bits per heavy atom. The van der Waals surface area contributed by atoms with Gasteiger partial charge in [0, 0.05) is 5.56 Å². The van der Waals surface area contributed by atoms with E-state index in [1.165, 1.54) is 0 Å². The van der Waals surface area contributed by atoms with Crippen LogP contribution in [0.15, 0.2) is 42.5 Å². The van der Waals surface area contributed by atoms with Crippen molar-refractivity contribution in [1.29, 1.82) is 0 Å². The maximum absolute atomic E-state index is 10.5. The van der Waals surface area contributed by atoms with Gasteiger partial charge in [-0.1, -0.05) is 39.7 Å². The van der Waals surface area contributed by atoms with Gasteiger partial charge in [0.1, 0.15) is 17.6 Å². The van der Waals surface area contributed by atoms with Crippen LogP contribution < -0.4 is 9.47 Å². The van der Waals surface area contributed by atoms with E-state index >= 15 is 0 Å². The zero-order chi connectivity index (χ0) is 15.0. The molecule has 110 valence electrons. The van der Waals surface area contributed by atoms with Crippen LogP contribution in [0.1, 0.15) is 28.9 Å². The van der Waals surface area contributed by atoms with E-state index in [1.807, 2.05) is 49.4 Å². The second-order valence-corrected chi connectivity index (χ2v) is 6.30. The fourth-order valence-corrected chi connectivity index (χ4v) is 3.29. The third-order valence-corrected chi connectivity index (χ3v) is 4.75. The van der Waals surface area contributed by atoms with E-state index in [1.54, 1.807) is 7.11 Å². The lowest BCUT2D eigenvalue weighted by Gasteiger charge is -2.34. The van der Waals surface area contributed by atoms with E-state index < -0.39 is 6.10 Å². The summed E-state index contributed by atoms with van der Waals surface area (Å²) >= 11 is 3.58. The molecule has 0 saturated heterocycles. The molecular weight excluding hydrogens is 332 g/mol. The van der Waals surface area contributed by atoms with Crippen LogP contribution in [0.5, 0.6) is 11.5 Å². The van der Waals surface area contributed by atoms with Crippen molar-refractivity contribution in [3.8, 4) is 11.5 Å². The van der Waals surface area contributed by atoms with Gasteiger partial charge in [0.2, 0.25) is 0 Å². The molecule has 2 aromatic carbocycles. The van der Waals surface area contributed by atoms with E-state index in [4.69, 9.17) is 9.47 Å². The molecule has 0 aliphatic carbocycles. The Morgan fingerprint density at radius 3 is 2.52 bits per heavy atom. The van der Waals surface area contributed by atoms with Gasteiger partial charge in [-0.15, -0.1) is 0 Å². The number of benzene rings is 2. The summed E-state index contributed by atoms with van der Waals surface area (Å²) in [4.78, 5) is -0.194. The molecule has 0 saturated carbocycles. The third-order valence-electron chi connectivity index (χ3n) is 3.77. The first kappa shape index (κ1) is 14.4. The standard InChI is InChI=1S/C17H17BrO3/c1-10-3-8-14-13(9-10)16(19)15(18)17(21-14)11-4-6-12(20-2)7-5-11/h3-9,15-17,19H,1-2H3/t15-,16+,17+/m0/s1. The molecule has 0 aromatic heterocycles. The molecule has 1 aliphatic heterocycles. The van der Waals surface area contributed by atoms with Crippen LogP contribution >= 0.6 is 15.9 Å². The van der Waals surface area contributed by atoms with Gasteiger partial charge in [0.05, 0.1) is 18.0 Å². The summed E-state index contributed by atoms with van der Waals surface area (Å²) in [6.45, 7) is 2.01. The zero-order valence-electron chi connectivity index (χ0n) is 11.9. The number of halogens is 1. The number of hydrogen-bond donors (Lipinski definition) is 1. The second kappa shape index (κ2) is 5.70. The predicted octanol–water partition coefficient (Wildman–Crippen LogP) is 3.93. The molecule has 2 aromatic rings. The lowest BCUT2D eigenvalue weighted by molar-refractivity contribution is 0.0766. The van der Waals surface area contributed by atoms with Crippen molar-refractivity contribution < 1.29 is 14.6 Å². The molecule has 0 amide bonds. The van der Waals surface area contributed by atoms with Crippen LogP contribution in [0.4, 0.5) is 0 Å². The topological polar surface area (TPSA) is 38.7 Å². The molecule has 0 unspecified atom stereocenters. The minimum absolute atomic E-state index is 0.194. The van der Waals surface area contributed by atoms with Gasteiger partial charge in [0.15, 0.2) is 0 Å². The highest BCUT2D eigenvalue weighted by atomic mass is 79.9. The predicted molar refractivity (Wildman–Crippen MR) is 85.2 cm³/mol. The van der Waals surface area contributed by atoms with Crippen LogP contribution in [-0.4, -0.2) is 17.0 Å². The minimum atomic E-state index is -0.597. The molecule has 1 aliphatic rings. The number of methoxy groups -OCH3 is 1. The first-order valence-electron chi connectivity index (χ1n) is 6.83. The molecule has 3 atom stereocenters. The Hall–Kier alpha value is -1.52. The summed E-state index contributed by atoms with van der Waals surface area (Å²) in [5.74, 6) is 1.54. The zero-order valence-corrected chi connectivity index (χ0v) is 13.5. The minimum Gasteiger partial charge on any atom is -0.497 e. The fraction of sp³-hybridized carbons (Fsp3) is 0.294. The van der Waals surface area contributed by atoms with Crippen LogP contribution in [0.25, 0.3) is 0 Å². The highest BCUT2D eigenvalue weighted by Crippen LogP contribution is 2.44. The molecule has 0 bridgehead atoms. The molecule has 21 heavy (non-hydrogen) atoms. The summed E-state index contributed by atoms with van der Waals surface area (Å²) in [6.07, 6.45) is -0.832. The van der Waals surface area contributed by atoms with Gasteiger partial charge in [-0.3, -0.25) is 0 Å². The Balaban J connectivity index is 1.95. The summed E-state index contributed by atoms with van der Waals surface area (Å²) in [7, 11) is 1.64. The third kappa shape index (κ3) is 2.65. The van der Waals surface area contributed by atoms with Crippen LogP contribution in [0.2, 0.25) is 0 Å². The molecule has 4 heteroatoms. The molecule has 3 rings (SSSR count). The van der Waals surface area contributed by atoms with Crippen molar-refractivity contribution in [3.05, 3.63) is 59.2 Å². The molecule has 0 fully saturated rings. The second-order valence-electron chi connectivity index (χ2n) is 5.24. The number of hydrogen-bond acceptors (Lipinski definition) is 3. The Morgan fingerprint density at radius 1 is 1.14 bits per heavy atom. The lowest BCUT2D eigenvalue weighted by Crippen LogP contribution is -2.30. The summed E-state index contributed by atoms with van der Waals surface area (Å²) in [5, 5.41) is 10.5. The van der Waals surface area contributed by atoms with Gasteiger partial charge >= 0.3 is 0 Å². The Labute approximate surface area is 132 Å².